The molecule has 2 heterocycles. The largest absolute Gasteiger partial charge is 0.324 e. The second kappa shape index (κ2) is 3.27. The van der Waals surface area contributed by atoms with Crippen molar-refractivity contribution in [1.29, 1.82) is 0 Å². The lowest BCUT2D eigenvalue weighted by atomic mass is 10.3. The van der Waals surface area contributed by atoms with Gasteiger partial charge in [-0.1, -0.05) is 12.1 Å². The van der Waals surface area contributed by atoms with Crippen molar-refractivity contribution in [1.82, 2.24) is 9.97 Å². The maximum Gasteiger partial charge on any atom is 0.240 e. The fourth-order valence-corrected chi connectivity index (χ4v) is 2.49. The summed E-state index contributed by atoms with van der Waals surface area (Å²) in [6, 6.07) is 7.78. The Balaban J connectivity index is 2.08. The predicted molar refractivity (Wildman–Crippen MR) is 60.9 cm³/mol. The summed E-state index contributed by atoms with van der Waals surface area (Å²) >= 11 is 1.61. The number of benzene rings is 1. The molecule has 1 aromatic heterocycles. The van der Waals surface area contributed by atoms with Crippen molar-refractivity contribution in [2.45, 2.75) is 0 Å². The van der Waals surface area contributed by atoms with Gasteiger partial charge in [0.05, 0.1) is 22.7 Å². The van der Waals surface area contributed by atoms with Gasteiger partial charge in [-0.2, -0.15) is 0 Å². The minimum Gasteiger partial charge on any atom is -0.324 e. The van der Waals surface area contributed by atoms with Crippen molar-refractivity contribution in [2.24, 2.45) is 0 Å². The highest BCUT2D eigenvalue weighted by Gasteiger charge is 2.24. The molecule has 15 heavy (non-hydrogen) atoms. The molecular formula is C10H9N3OS. The van der Waals surface area contributed by atoms with Gasteiger partial charge in [0.15, 0.2) is 0 Å². The number of H-pyrrole nitrogens is 1. The molecule has 76 valence electrons. The molecule has 1 aliphatic heterocycles. The molecule has 0 radical (unpaired) electrons. The minimum absolute atomic E-state index is 0.124. The molecule has 2 aromatic rings. The Kier molecular flexibility index (Phi) is 1.92. The number of rotatable bonds is 1. The van der Waals surface area contributed by atoms with Crippen molar-refractivity contribution < 1.29 is 4.79 Å². The van der Waals surface area contributed by atoms with Gasteiger partial charge in [-0.15, -0.1) is 11.8 Å². The lowest BCUT2D eigenvalue weighted by Gasteiger charge is -2.09. The standard InChI is InChI=1S/C10H9N3OS/c14-9-5-15-6-13(9)10-11-7-3-1-2-4-8(7)12-10/h1-4H,5-6H2,(H,11,12). The average Bonchev–Trinajstić information content (AvgIpc) is 2.82. The molecule has 1 saturated heterocycles. The number of hydrogen-bond acceptors (Lipinski definition) is 3. The van der Waals surface area contributed by atoms with E-state index in [9.17, 15) is 4.79 Å². The molecule has 5 heteroatoms. The molecule has 0 spiro atoms. The fraction of sp³-hybridized carbons (Fsp3) is 0.200. The second-order valence-electron chi connectivity index (χ2n) is 3.38. The van der Waals surface area contributed by atoms with Crippen molar-refractivity contribution in [3.05, 3.63) is 24.3 Å². The number of imidazole rings is 1. The zero-order valence-corrected chi connectivity index (χ0v) is 8.75. The summed E-state index contributed by atoms with van der Waals surface area (Å²) in [7, 11) is 0. The van der Waals surface area contributed by atoms with E-state index in [1.165, 1.54) is 0 Å². The van der Waals surface area contributed by atoms with Gasteiger partial charge in [-0.05, 0) is 12.1 Å². The summed E-state index contributed by atoms with van der Waals surface area (Å²) in [6.45, 7) is 0. The van der Waals surface area contributed by atoms with Crippen LogP contribution in [0.1, 0.15) is 0 Å². The van der Waals surface area contributed by atoms with Crippen molar-refractivity contribution in [3.63, 3.8) is 0 Å². The van der Waals surface area contributed by atoms with Gasteiger partial charge < -0.3 is 4.98 Å². The van der Waals surface area contributed by atoms with Crippen LogP contribution in [0.5, 0.6) is 0 Å². The number of fused-ring (bicyclic) bond motifs is 1. The molecule has 0 atom stereocenters. The molecule has 0 aliphatic carbocycles. The average molecular weight is 219 g/mol. The summed E-state index contributed by atoms with van der Waals surface area (Å²) in [5.74, 6) is 2.03. The molecule has 1 fully saturated rings. The van der Waals surface area contributed by atoms with Crippen LogP contribution < -0.4 is 4.90 Å². The first-order chi connectivity index (χ1) is 7.34. The Labute approximate surface area is 90.7 Å². The van der Waals surface area contributed by atoms with Crippen LogP contribution in [0.15, 0.2) is 24.3 Å². The van der Waals surface area contributed by atoms with E-state index >= 15 is 0 Å². The smallest absolute Gasteiger partial charge is 0.240 e. The number of nitrogens with one attached hydrogen (secondary N) is 1. The van der Waals surface area contributed by atoms with Crippen LogP contribution in [0.4, 0.5) is 5.95 Å². The summed E-state index contributed by atoms with van der Waals surface area (Å²) in [4.78, 5) is 20.7. The number of aromatic amines is 1. The molecule has 3 rings (SSSR count). The van der Waals surface area contributed by atoms with Crippen molar-refractivity contribution in [3.8, 4) is 0 Å². The quantitative estimate of drug-likeness (QED) is 0.792. The van der Waals surface area contributed by atoms with Gasteiger partial charge in [0, 0.05) is 0 Å². The Bertz CT molecular complexity index is 489. The maximum atomic E-state index is 11.5. The molecule has 1 aromatic carbocycles. The van der Waals surface area contributed by atoms with Crippen LogP contribution in [0.25, 0.3) is 11.0 Å². The molecule has 0 unspecified atom stereocenters. The zero-order valence-electron chi connectivity index (χ0n) is 7.93. The predicted octanol–water partition coefficient (Wildman–Crippen LogP) is 1.60. The summed E-state index contributed by atoms with van der Waals surface area (Å²) in [6.07, 6.45) is 0. The number of aromatic nitrogens is 2. The highest BCUT2D eigenvalue weighted by molar-refractivity contribution is 8.00. The maximum absolute atomic E-state index is 11.5. The zero-order chi connectivity index (χ0) is 10.3. The van der Waals surface area contributed by atoms with Crippen LogP contribution in [-0.4, -0.2) is 27.5 Å². The number of thioether (sulfide) groups is 1. The van der Waals surface area contributed by atoms with Crippen LogP contribution in [0, 0.1) is 0 Å². The van der Waals surface area contributed by atoms with E-state index in [4.69, 9.17) is 0 Å². The van der Waals surface area contributed by atoms with Gasteiger partial charge in [0.25, 0.3) is 0 Å². The van der Waals surface area contributed by atoms with Crippen molar-refractivity contribution in [2.75, 3.05) is 16.5 Å². The molecule has 0 bridgehead atoms. The second-order valence-corrected chi connectivity index (χ2v) is 4.33. The first-order valence-electron chi connectivity index (χ1n) is 4.67. The molecule has 1 amide bonds. The third-order valence-electron chi connectivity index (χ3n) is 2.38. The lowest BCUT2D eigenvalue weighted by Crippen LogP contribution is -2.25. The summed E-state index contributed by atoms with van der Waals surface area (Å²) in [5.41, 5.74) is 1.87. The molecule has 1 aliphatic rings. The number of amides is 1. The SMILES string of the molecule is O=C1CSCN1c1nc2ccccc2[nH]1. The molecule has 0 saturated carbocycles. The third kappa shape index (κ3) is 1.39. The Morgan fingerprint density at radius 1 is 1.40 bits per heavy atom. The Morgan fingerprint density at radius 3 is 3.00 bits per heavy atom. The Hall–Kier alpha value is -1.49. The Morgan fingerprint density at radius 2 is 2.27 bits per heavy atom. The van der Waals surface area contributed by atoms with Gasteiger partial charge in [-0.25, -0.2) is 4.98 Å². The van der Waals surface area contributed by atoms with Crippen LogP contribution in [0.2, 0.25) is 0 Å². The number of anilines is 1. The molecule has 4 nitrogen and oxygen atoms in total. The topological polar surface area (TPSA) is 49.0 Å². The number of carbonyl (C=O) groups excluding carboxylic acids is 1. The number of hydrogen-bond donors (Lipinski definition) is 1. The third-order valence-corrected chi connectivity index (χ3v) is 3.27. The fourth-order valence-electron chi connectivity index (χ4n) is 1.62. The van der Waals surface area contributed by atoms with Crippen LogP contribution in [-0.2, 0) is 4.79 Å². The highest BCUT2D eigenvalue weighted by atomic mass is 32.2. The highest BCUT2D eigenvalue weighted by Crippen LogP contribution is 2.23. The number of carbonyl (C=O) groups is 1. The first-order valence-corrected chi connectivity index (χ1v) is 5.83. The van der Waals surface area contributed by atoms with E-state index in [-0.39, 0.29) is 5.91 Å². The normalized spacial score (nSPS) is 16.5. The minimum atomic E-state index is 0.124. The van der Waals surface area contributed by atoms with E-state index in [0.717, 1.165) is 11.0 Å². The number of para-hydroxylation sites is 2. The van der Waals surface area contributed by atoms with E-state index in [1.54, 1.807) is 16.7 Å². The summed E-state index contributed by atoms with van der Waals surface area (Å²) < 4.78 is 0. The monoisotopic (exact) mass is 219 g/mol. The van der Waals surface area contributed by atoms with Gasteiger partial charge in [0.2, 0.25) is 11.9 Å². The van der Waals surface area contributed by atoms with Crippen molar-refractivity contribution >= 4 is 34.7 Å². The number of nitrogens with zero attached hydrogens (tertiary/aromatic N) is 2. The molecule has 1 N–H and O–H groups in total. The van der Waals surface area contributed by atoms with Crippen LogP contribution in [0.3, 0.4) is 0 Å². The van der Waals surface area contributed by atoms with Gasteiger partial charge in [-0.3, -0.25) is 9.69 Å². The summed E-state index contributed by atoms with van der Waals surface area (Å²) in [5, 5.41) is 0. The van der Waals surface area contributed by atoms with Crippen LogP contribution >= 0.6 is 11.8 Å². The van der Waals surface area contributed by atoms with Gasteiger partial charge >= 0.3 is 0 Å². The molecular weight excluding hydrogens is 210 g/mol. The van der Waals surface area contributed by atoms with Gasteiger partial charge in [0.1, 0.15) is 0 Å². The first kappa shape index (κ1) is 8.79. The lowest BCUT2D eigenvalue weighted by molar-refractivity contribution is -0.115. The van der Waals surface area contributed by atoms with E-state index in [0.29, 0.717) is 17.6 Å². The van der Waals surface area contributed by atoms with E-state index in [1.807, 2.05) is 24.3 Å². The van der Waals surface area contributed by atoms with E-state index < -0.39 is 0 Å². The van der Waals surface area contributed by atoms with E-state index in [2.05, 4.69) is 9.97 Å².